The lowest BCUT2D eigenvalue weighted by Crippen LogP contribution is -2.53. The first kappa shape index (κ1) is 14.3. The fourth-order valence-electron chi connectivity index (χ4n) is 3.24. The van der Waals surface area contributed by atoms with Gasteiger partial charge in [0.2, 0.25) is 0 Å². The average molecular weight is 255 g/mol. The zero-order valence-corrected chi connectivity index (χ0v) is 12.2. The summed E-state index contributed by atoms with van der Waals surface area (Å²) in [5.74, 6) is 1.01. The molecule has 3 nitrogen and oxygen atoms in total. The minimum atomic E-state index is -0.596. The first-order chi connectivity index (χ1) is 8.44. The van der Waals surface area contributed by atoms with Crippen LogP contribution >= 0.6 is 0 Å². The molecule has 0 aromatic rings. The highest BCUT2D eigenvalue weighted by Gasteiger charge is 2.46. The average Bonchev–Trinajstić information content (AvgIpc) is 2.26. The molecule has 0 bridgehead atoms. The third kappa shape index (κ3) is 3.25. The standard InChI is InChI=1S/C15H29NO2/c1-12(2)10-16-11-14(3,17)13-5-8-18-15(9-13)6-4-7-15/h12-13,16-17H,4-11H2,1-3H3. The fraction of sp³-hybridized carbons (Fsp3) is 1.00. The molecule has 2 aliphatic rings. The van der Waals surface area contributed by atoms with Crippen molar-refractivity contribution in [2.45, 2.75) is 64.1 Å². The highest BCUT2D eigenvalue weighted by molar-refractivity contribution is 4.98. The van der Waals surface area contributed by atoms with E-state index in [1.807, 2.05) is 6.92 Å². The van der Waals surface area contributed by atoms with Crippen LogP contribution in [0.5, 0.6) is 0 Å². The summed E-state index contributed by atoms with van der Waals surface area (Å²) in [5, 5.41) is 14.1. The van der Waals surface area contributed by atoms with Crippen molar-refractivity contribution >= 4 is 0 Å². The van der Waals surface area contributed by atoms with Gasteiger partial charge in [-0.2, -0.15) is 0 Å². The molecular formula is C15H29NO2. The summed E-state index contributed by atoms with van der Waals surface area (Å²) in [6, 6.07) is 0. The van der Waals surface area contributed by atoms with Gasteiger partial charge in [-0.25, -0.2) is 0 Å². The molecule has 0 aromatic carbocycles. The normalized spacial score (nSPS) is 30.2. The molecule has 2 N–H and O–H groups in total. The van der Waals surface area contributed by atoms with E-state index in [-0.39, 0.29) is 5.60 Å². The van der Waals surface area contributed by atoms with Crippen molar-refractivity contribution in [2.24, 2.45) is 11.8 Å². The van der Waals surface area contributed by atoms with Gasteiger partial charge in [0.05, 0.1) is 11.2 Å². The molecule has 18 heavy (non-hydrogen) atoms. The van der Waals surface area contributed by atoms with Gasteiger partial charge in [0.1, 0.15) is 0 Å². The number of nitrogens with one attached hydrogen (secondary N) is 1. The van der Waals surface area contributed by atoms with E-state index in [0.717, 1.165) is 26.0 Å². The van der Waals surface area contributed by atoms with Gasteiger partial charge in [-0.05, 0) is 57.4 Å². The minimum Gasteiger partial charge on any atom is -0.389 e. The Kier molecular flexibility index (Phi) is 4.35. The maximum absolute atomic E-state index is 10.7. The third-order valence-electron chi connectivity index (χ3n) is 4.67. The quantitative estimate of drug-likeness (QED) is 0.792. The van der Waals surface area contributed by atoms with Crippen LogP contribution in [0.3, 0.4) is 0 Å². The first-order valence-electron chi connectivity index (χ1n) is 7.51. The Morgan fingerprint density at radius 2 is 2.17 bits per heavy atom. The van der Waals surface area contributed by atoms with Crippen LogP contribution in [0.4, 0.5) is 0 Å². The molecule has 2 unspecified atom stereocenters. The molecule has 1 saturated carbocycles. The van der Waals surface area contributed by atoms with Crippen LogP contribution < -0.4 is 5.32 Å². The highest BCUT2D eigenvalue weighted by atomic mass is 16.5. The van der Waals surface area contributed by atoms with Crippen LogP contribution in [-0.4, -0.2) is 36.0 Å². The molecule has 0 radical (unpaired) electrons. The predicted molar refractivity (Wildman–Crippen MR) is 73.6 cm³/mol. The molecule has 2 fully saturated rings. The van der Waals surface area contributed by atoms with Crippen LogP contribution in [0.2, 0.25) is 0 Å². The summed E-state index contributed by atoms with van der Waals surface area (Å²) < 4.78 is 5.94. The fourth-order valence-corrected chi connectivity index (χ4v) is 3.24. The Labute approximate surface area is 111 Å². The lowest BCUT2D eigenvalue weighted by atomic mass is 9.68. The Morgan fingerprint density at radius 1 is 1.44 bits per heavy atom. The van der Waals surface area contributed by atoms with E-state index in [4.69, 9.17) is 4.74 Å². The maximum Gasteiger partial charge on any atom is 0.0773 e. The predicted octanol–water partition coefficient (Wildman–Crippen LogP) is 2.33. The van der Waals surface area contributed by atoms with E-state index in [1.165, 1.54) is 19.3 Å². The first-order valence-corrected chi connectivity index (χ1v) is 7.51. The van der Waals surface area contributed by atoms with Crippen molar-refractivity contribution in [1.29, 1.82) is 0 Å². The summed E-state index contributed by atoms with van der Waals surface area (Å²) in [6.45, 7) is 8.88. The van der Waals surface area contributed by atoms with Crippen molar-refractivity contribution in [3.05, 3.63) is 0 Å². The molecule has 1 spiro atoms. The Morgan fingerprint density at radius 3 is 2.72 bits per heavy atom. The largest absolute Gasteiger partial charge is 0.389 e. The number of aliphatic hydroxyl groups is 1. The second-order valence-corrected chi connectivity index (χ2v) is 6.96. The molecule has 0 amide bonds. The summed E-state index contributed by atoms with van der Waals surface area (Å²) in [4.78, 5) is 0. The molecule has 2 rings (SSSR count). The van der Waals surface area contributed by atoms with E-state index in [1.54, 1.807) is 0 Å². The Hall–Kier alpha value is -0.120. The minimum absolute atomic E-state index is 0.130. The molecule has 0 aromatic heterocycles. The lowest BCUT2D eigenvalue weighted by molar-refractivity contribution is -0.171. The molecule has 106 valence electrons. The summed E-state index contributed by atoms with van der Waals surface area (Å²) in [5.41, 5.74) is -0.466. The highest BCUT2D eigenvalue weighted by Crippen LogP contribution is 2.46. The van der Waals surface area contributed by atoms with Crippen molar-refractivity contribution in [3.63, 3.8) is 0 Å². The Bertz CT molecular complexity index is 272. The van der Waals surface area contributed by atoms with E-state index < -0.39 is 5.60 Å². The maximum atomic E-state index is 10.7. The number of rotatable bonds is 5. The number of ether oxygens (including phenoxy) is 1. The molecule has 1 aliphatic heterocycles. The van der Waals surface area contributed by atoms with Gasteiger partial charge >= 0.3 is 0 Å². The SMILES string of the molecule is CC(C)CNCC(C)(O)C1CCOC2(CCC2)C1. The van der Waals surface area contributed by atoms with E-state index in [2.05, 4.69) is 19.2 Å². The zero-order valence-electron chi connectivity index (χ0n) is 12.2. The van der Waals surface area contributed by atoms with Gasteiger partial charge in [0.25, 0.3) is 0 Å². The number of hydrogen-bond donors (Lipinski definition) is 2. The van der Waals surface area contributed by atoms with Crippen molar-refractivity contribution < 1.29 is 9.84 Å². The molecule has 1 heterocycles. The topological polar surface area (TPSA) is 41.5 Å². The second-order valence-electron chi connectivity index (χ2n) is 6.96. The van der Waals surface area contributed by atoms with Gasteiger partial charge < -0.3 is 15.2 Å². The van der Waals surface area contributed by atoms with Crippen molar-refractivity contribution in [3.8, 4) is 0 Å². The van der Waals surface area contributed by atoms with Crippen LogP contribution in [0.25, 0.3) is 0 Å². The van der Waals surface area contributed by atoms with Crippen LogP contribution in [-0.2, 0) is 4.74 Å². The monoisotopic (exact) mass is 255 g/mol. The van der Waals surface area contributed by atoms with Gasteiger partial charge in [-0.15, -0.1) is 0 Å². The summed E-state index contributed by atoms with van der Waals surface area (Å²) in [7, 11) is 0. The molecular weight excluding hydrogens is 226 g/mol. The van der Waals surface area contributed by atoms with Crippen molar-refractivity contribution in [1.82, 2.24) is 5.32 Å². The molecule has 1 saturated heterocycles. The van der Waals surface area contributed by atoms with E-state index >= 15 is 0 Å². The lowest BCUT2D eigenvalue weighted by Gasteiger charge is -2.50. The summed E-state index contributed by atoms with van der Waals surface area (Å²) in [6.07, 6.45) is 5.72. The van der Waals surface area contributed by atoms with Crippen LogP contribution in [0.15, 0.2) is 0 Å². The molecule has 3 heteroatoms. The zero-order chi connectivity index (χ0) is 13.2. The smallest absolute Gasteiger partial charge is 0.0773 e. The molecule has 2 atom stereocenters. The van der Waals surface area contributed by atoms with Crippen molar-refractivity contribution in [2.75, 3.05) is 19.7 Å². The van der Waals surface area contributed by atoms with Gasteiger partial charge in [0, 0.05) is 13.2 Å². The number of hydrogen-bond acceptors (Lipinski definition) is 3. The van der Waals surface area contributed by atoms with Gasteiger partial charge in [-0.1, -0.05) is 13.8 Å². The third-order valence-corrected chi connectivity index (χ3v) is 4.67. The van der Waals surface area contributed by atoms with E-state index in [0.29, 0.717) is 18.4 Å². The molecule has 1 aliphatic carbocycles. The Balaban J connectivity index is 1.84. The van der Waals surface area contributed by atoms with Gasteiger partial charge in [-0.3, -0.25) is 0 Å². The van der Waals surface area contributed by atoms with Gasteiger partial charge in [0.15, 0.2) is 0 Å². The van der Waals surface area contributed by atoms with Crippen LogP contribution in [0, 0.1) is 11.8 Å². The summed E-state index contributed by atoms with van der Waals surface area (Å²) >= 11 is 0. The second kappa shape index (κ2) is 5.48. The van der Waals surface area contributed by atoms with E-state index in [9.17, 15) is 5.11 Å². The van der Waals surface area contributed by atoms with Crippen LogP contribution in [0.1, 0.15) is 52.9 Å².